The largest absolute Gasteiger partial charge is 0.335 e. The Kier molecular flexibility index (Phi) is 7.00. The first-order valence-electron chi connectivity index (χ1n) is 9.83. The number of benzene rings is 1. The molecule has 1 aromatic rings. The molecule has 0 aliphatic carbocycles. The highest BCUT2D eigenvalue weighted by molar-refractivity contribution is 7.89. The molecular weight excluding hydrogens is 435 g/mol. The molecule has 0 bridgehead atoms. The van der Waals surface area contributed by atoms with Crippen LogP contribution in [0, 0.1) is 5.82 Å². The number of urea groups is 1. The number of hydrogen-bond donors (Lipinski definition) is 1. The zero-order valence-corrected chi connectivity index (χ0v) is 18.5. The summed E-state index contributed by atoms with van der Waals surface area (Å²) in [5, 5.41) is 2.94. The number of sulfonamides is 2. The van der Waals surface area contributed by atoms with Crippen LogP contribution >= 0.6 is 0 Å². The van der Waals surface area contributed by atoms with Crippen LogP contribution in [0.25, 0.3) is 0 Å². The van der Waals surface area contributed by atoms with Gasteiger partial charge in [0.15, 0.2) is 0 Å². The Morgan fingerprint density at radius 3 is 2.17 bits per heavy atom. The molecule has 0 aromatic heterocycles. The highest BCUT2D eigenvalue weighted by Gasteiger charge is 2.30. The van der Waals surface area contributed by atoms with E-state index in [-0.39, 0.29) is 36.6 Å². The van der Waals surface area contributed by atoms with E-state index in [9.17, 15) is 26.0 Å². The average Bonchev–Trinajstić information content (AvgIpc) is 2.95. The molecule has 0 spiro atoms. The summed E-state index contributed by atoms with van der Waals surface area (Å²) < 4.78 is 64.6. The second-order valence-electron chi connectivity index (χ2n) is 7.58. The Bertz CT molecular complexity index is 961. The van der Waals surface area contributed by atoms with Crippen LogP contribution in [0.15, 0.2) is 29.2 Å². The zero-order chi connectivity index (χ0) is 21.9. The zero-order valence-electron chi connectivity index (χ0n) is 16.8. The summed E-state index contributed by atoms with van der Waals surface area (Å²) >= 11 is 0. The van der Waals surface area contributed by atoms with Gasteiger partial charge in [-0.25, -0.2) is 30.3 Å². The molecule has 0 unspecified atom stereocenters. The molecule has 2 aliphatic heterocycles. The van der Waals surface area contributed by atoms with Crippen molar-refractivity contribution in [1.29, 1.82) is 0 Å². The van der Waals surface area contributed by atoms with Crippen molar-refractivity contribution in [2.24, 2.45) is 0 Å². The van der Waals surface area contributed by atoms with E-state index < -0.39 is 25.9 Å². The van der Waals surface area contributed by atoms with E-state index in [0.29, 0.717) is 38.9 Å². The third kappa shape index (κ3) is 5.48. The highest BCUT2D eigenvalue weighted by atomic mass is 32.2. The van der Waals surface area contributed by atoms with Crippen molar-refractivity contribution in [1.82, 2.24) is 18.8 Å². The van der Waals surface area contributed by atoms with Gasteiger partial charge in [0.05, 0.1) is 11.2 Å². The maximum atomic E-state index is 13.1. The predicted molar refractivity (Wildman–Crippen MR) is 109 cm³/mol. The summed E-state index contributed by atoms with van der Waals surface area (Å²) in [6.07, 6.45) is 2.74. The second kappa shape index (κ2) is 9.16. The number of amides is 2. The molecule has 12 heteroatoms. The molecule has 30 heavy (non-hydrogen) atoms. The Balaban J connectivity index is 1.55. The van der Waals surface area contributed by atoms with Crippen LogP contribution in [-0.2, 0) is 20.0 Å². The monoisotopic (exact) mass is 462 g/mol. The lowest BCUT2D eigenvalue weighted by atomic mass is 10.1. The maximum Gasteiger partial charge on any atom is 0.317 e. The van der Waals surface area contributed by atoms with Crippen molar-refractivity contribution >= 4 is 26.1 Å². The summed E-state index contributed by atoms with van der Waals surface area (Å²) in [6.45, 7) is 1.83. The van der Waals surface area contributed by atoms with Crippen LogP contribution in [0.2, 0.25) is 0 Å². The topological polar surface area (TPSA) is 107 Å². The first-order valence-corrected chi connectivity index (χ1v) is 13.1. The lowest BCUT2D eigenvalue weighted by Crippen LogP contribution is -2.50. The molecule has 0 saturated carbocycles. The minimum absolute atomic E-state index is 0.0273. The van der Waals surface area contributed by atoms with Gasteiger partial charge in [-0.1, -0.05) is 0 Å². The maximum absolute atomic E-state index is 13.1. The van der Waals surface area contributed by atoms with Crippen LogP contribution < -0.4 is 5.32 Å². The van der Waals surface area contributed by atoms with E-state index in [2.05, 4.69) is 5.32 Å². The number of nitrogens with zero attached hydrogens (tertiary/aromatic N) is 3. The van der Waals surface area contributed by atoms with E-state index >= 15 is 0 Å². The number of halogens is 1. The van der Waals surface area contributed by atoms with Gasteiger partial charge in [-0.3, -0.25) is 0 Å². The fraction of sp³-hybridized carbons (Fsp3) is 0.611. The molecule has 1 N–H and O–H groups in total. The van der Waals surface area contributed by atoms with E-state index in [4.69, 9.17) is 0 Å². The SMILES string of the molecule is CS(=O)(=O)N1CCC(NC(=O)N2CCCN(S(=O)(=O)c3ccc(F)cc3)CC2)CC1. The Hall–Kier alpha value is -1.76. The van der Waals surface area contributed by atoms with Crippen molar-refractivity contribution < 1.29 is 26.0 Å². The summed E-state index contributed by atoms with van der Waals surface area (Å²) in [4.78, 5) is 14.2. The van der Waals surface area contributed by atoms with Crippen LogP contribution in [0.3, 0.4) is 0 Å². The summed E-state index contributed by atoms with van der Waals surface area (Å²) in [6, 6.07) is 4.32. The number of rotatable bonds is 4. The second-order valence-corrected chi connectivity index (χ2v) is 11.5. The third-order valence-electron chi connectivity index (χ3n) is 5.44. The van der Waals surface area contributed by atoms with Gasteiger partial charge in [-0.05, 0) is 43.5 Å². The van der Waals surface area contributed by atoms with E-state index in [1.54, 1.807) is 4.90 Å². The smallest absolute Gasteiger partial charge is 0.317 e. The predicted octanol–water partition coefficient (Wildman–Crippen LogP) is 0.656. The number of piperidine rings is 1. The third-order valence-corrected chi connectivity index (χ3v) is 8.66. The molecule has 2 aliphatic rings. The van der Waals surface area contributed by atoms with Gasteiger partial charge in [0.25, 0.3) is 0 Å². The fourth-order valence-corrected chi connectivity index (χ4v) is 6.03. The van der Waals surface area contributed by atoms with Crippen molar-refractivity contribution in [3.8, 4) is 0 Å². The van der Waals surface area contributed by atoms with Gasteiger partial charge in [-0.15, -0.1) is 0 Å². The normalized spacial score (nSPS) is 20.7. The van der Waals surface area contributed by atoms with Gasteiger partial charge >= 0.3 is 6.03 Å². The molecule has 168 valence electrons. The van der Waals surface area contributed by atoms with Gasteiger partial charge in [0.2, 0.25) is 20.0 Å². The van der Waals surface area contributed by atoms with Crippen LogP contribution in [0.1, 0.15) is 19.3 Å². The molecule has 9 nitrogen and oxygen atoms in total. The van der Waals surface area contributed by atoms with Crippen LogP contribution in [0.5, 0.6) is 0 Å². The highest BCUT2D eigenvalue weighted by Crippen LogP contribution is 2.19. The molecule has 2 heterocycles. The average molecular weight is 463 g/mol. The minimum Gasteiger partial charge on any atom is -0.335 e. The Labute approximate surface area is 176 Å². The number of carbonyl (C=O) groups is 1. The Morgan fingerprint density at radius 1 is 0.933 bits per heavy atom. The van der Waals surface area contributed by atoms with Crippen molar-refractivity contribution in [2.45, 2.75) is 30.2 Å². The fourth-order valence-electron chi connectivity index (χ4n) is 3.69. The van der Waals surface area contributed by atoms with E-state index in [0.717, 1.165) is 12.1 Å². The van der Waals surface area contributed by atoms with Crippen molar-refractivity contribution in [2.75, 3.05) is 45.5 Å². The minimum atomic E-state index is -3.75. The summed E-state index contributed by atoms with van der Waals surface area (Å²) in [7, 11) is -6.97. The Morgan fingerprint density at radius 2 is 1.57 bits per heavy atom. The quantitative estimate of drug-likeness (QED) is 0.707. The molecular formula is C18H27FN4O5S2. The van der Waals surface area contributed by atoms with E-state index in [1.165, 1.54) is 27.0 Å². The van der Waals surface area contributed by atoms with E-state index in [1.807, 2.05) is 0 Å². The number of carbonyl (C=O) groups excluding carboxylic acids is 1. The molecule has 3 rings (SSSR count). The first kappa shape index (κ1) is 22.9. The van der Waals surface area contributed by atoms with Gasteiger partial charge in [-0.2, -0.15) is 4.31 Å². The van der Waals surface area contributed by atoms with Crippen LogP contribution in [0.4, 0.5) is 9.18 Å². The van der Waals surface area contributed by atoms with Crippen molar-refractivity contribution in [3.05, 3.63) is 30.1 Å². The lowest BCUT2D eigenvalue weighted by Gasteiger charge is -2.32. The summed E-state index contributed by atoms with van der Waals surface area (Å²) in [5.41, 5.74) is 0. The van der Waals surface area contributed by atoms with Crippen LogP contribution in [-0.4, -0.2) is 87.9 Å². The van der Waals surface area contributed by atoms with Gasteiger partial charge in [0.1, 0.15) is 5.82 Å². The molecule has 0 radical (unpaired) electrons. The standard InChI is InChI=1S/C18H27FN4O5S2/c1-29(25,26)22-11-7-16(8-12-22)20-18(24)21-9-2-10-23(14-13-21)30(27,28)17-5-3-15(19)4-6-17/h3-6,16H,2,7-14H2,1H3,(H,20,24). The first-order chi connectivity index (χ1) is 14.1. The molecule has 2 fully saturated rings. The molecule has 2 saturated heterocycles. The number of nitrogens with one attached hydrogen (secondary N) is 1. The van der Waals surface area contributed by atoms with Gasteiger partial charge < -0.3 is 10.2 Å². The summed E-state index contributed by atoms with van der Waals surface area (Å²) in [5.74, 6) is -0.505. The molecule has 2 amide bonds. The van der Waals surface area contributed by atoms with Gasteiger partial charge in [0, 0.05) is 45.3 Å². The lowest BCUT2D eigenvalue weighted by molar-refractivity contribution is 0.189. The number of hydrogen-bond acceptors (Lipinski definition) is 5. The van der Waals surface area contributed by atoms with Crippen molar-refractivity contribution in [3.63, 3.8) is 0 Å². The molecule has 1 aromatic carbocycles. The molecule has 0 atom stereocenters.